The molecular weight excluding hydrogens is 252 g/mol. The third-order valence-electron chi connectivity index (χ3n) is 4.03. The lowest BCUT2D eigenvalue weighted by Crippen LogP contribution is -2.40. The van der Waals surface area contributed by atoms with E-state index in [1.165, 1.54) is 18.4 Å². The number of hydrogen-bond acceptors (Lipinski definition) is 3. The maximum Gasteiger partial charge on any atom is 0.113 e. The predicted octanol–water partition coefficient (Wildman–Crippen LogP) is 4.17. The van der Waals surface area contributed by atoms with Gasteiger partial charge in [0.1, 0.15) is 5.01 Å². The molecule has 2 atom stereocenters. The SMILES string of the molecule is CC1CCCC(N)(c2nc(-c3ccccc3)cs2)C1. The number of hydrogen-bond donors (Lipinski definition) is 1. The normalized spacial score (nSPS) is 27.4. The first kappa shape index (κ1) is 12.8. The monoisotopic (exact) mass is 272 g/mol. The topological polar surface area (TPSA) is 38.9 Å². The summed E-state index contributed by atoms with van der Waals surface area (Å²) in [5.74, 6) is 0.711. The van der Waals surface area contributed by atoms with Crippen LogP contribution in [0.4, 0.5) is 0 Å². The molecule has 1 heterocycles. The Hall–Kier alpha value is -1.19. The van der Waals surface area contributed by atoms with E-state index in [1.54, 1.807) is 11.3 Å². The van der Waals surface area contributed by atoms with Crippen molar-refractivity contribution in [3.63, 3.8) is 0 Å². The van der Waals surface area contributed by atoms with Crippen molar-refractivity contribution in [2.45, 2.75) is 38.1 Å². The summed E-state index contributed by atoms with van der Waals surface area (Å²) in [6, 6.07) is 10.3. The van der Waals surface area contributed by atoms with Crippen LogP contribution in [0.5, 0.6) is 0 Å². The Morgan fingerprint density at radius 1 is 1.32 bits per heavy atom. The molecule has 0 aliphatic heterocycles. The number of thiazole rings is 1. The Morgan fingerprint density at radius 2 is 2.11 bits per heavy atom. The van der Waals surface area contributed by atoms with E-state index in [2.05, 4.69) is 36.6 Å². The van der Waals surface area contributed by atoms with Gasteiger partial charge in [-0.3, -0.25) is 0 Å². The van der Waals surface area contributed by atoms with Gasteiger partial charge in [0.2, 0.25) is 0 Å². The van der Waals surface area contributed by atoms with Gasteiger partial charge < -0.3 is 5.73 Å². The second kappa shape index (κ2) is 5.06. The molecule has 2 aromatic rings. The summed E-state index contributed by atoms with van der Waals surface area (Å²) in [6.45, 7) is 2.30. The molecule has 0 amide bonds. The Kier molecular flexibility index (Phi) is 3.42. The fourth-order valence-corrected chi connectivity index (χ4v) is 4.01. The fraction of sp³-hybridized carbons (Fsp3) is 0.438. The molecule has 100 valence electrons. The van der Waals surface area contributed by atoms with E-state index in [9.17, 15) is 0 Å². The van der Waals surface area contributed by atoms with Crippen molar-refractivity contribution < 1.29 is 0 Å². The highest BCUT2D eigenvalue weighted by Crippen LogP contribution is 2.39. The van der Waals surface area contributed by atoms with Crippen LogP contribution in [0, 0.1) is 5.92 Å². The molecule has 3 heteroatoms. The van der Waals surface area contributed by atoms with Crippen molar-refractivity contribution in [2.24, 2.45) is 11.7 Å². The van der Waals surface area contributed by atoms with E-state index < -0.39 is 0 Å². The number of nitrogens with zero attached hydrogens (tertiary/aromatic N) is 1. The number of benzene rings is 1. The second-order valence-corrected chi connectivity index (χ2v) is 6.62. The number of nitrogens with two attached hydrogens (primary N) is 1. The first-order chi connectivity index (χ1) is 9.17. The van der Waals surface area contributed by atoms with Crippen LogP contribution in [-0.2, 0) is 5.54 Å². The lowest BCUT2D eigenvalue weighted by Gasteiger charge is -2.35. The fourth-order valence-electron chi connectivity index (χ4n) is 3.03. The van der Waals surface area contributed by atoms with Crippen molar-refractivity contribution >= 4 is 11.3 Å². The van der Waals surface area contributed by atoms with Crippen molar-refractivity contribution in [3.05, 3.63) is 40.7 Å². The van der Waals surface area contributed by atoms with E-state index in [1.807, 2.05) is 6.07 Å². The lowest BCUT2D eigenvalue weighted by atomic mass is 9.77. The molecule has 19 heavy (non-hydrogen) atoms. The van der Waals surface area contributed by atoms with Crippen LogP contribution in [0.3, 0.4) is 0 Å². The first-order valence-corrected chi connectivity index (χ1v) is 7.86. The molecule has 1 fully saturated rings. The summed E-state index contributed by atoms with van der Waals surface area (Å²) in [4.78, 5) is 4.80. The quantitative estimate of drug-likeness (QED) is 0.891. The Bertz CT molecular complexity index is 549. The molecular formula is C16H20N2S. The van der Waals surface area contributed by atoms with Crippen molar-refractivity contribution in [1.82, 2.24) is 4.98 Å². The van der Waals surface area contributed by atoms with Gasteiger partial charge in [-0.1, -0.05) is 50.1 Å². The lowest BCUT2D eigenvalue weighted by molar-refractivity contribution is 0.238. The number of aromatic nitrogens is 1. The van der Waals surface area contributed by atoms with Gasteiger partial charge in [0, 0.05) is 10.9 Å². The summed E-state index contributed by atoms with van der Waals surface area (Å²) >= 11 is 1.72. The third-order valence-corrected chi connectivity index (χ3v) is 5.09. The van der Waals surface area contributed by atoms with E-state index in [0.717, 1.165) is 23.5 Å². The molecule has 1 aliphatic carbocycles. The van der Waals surface area contributed by atoms with Gasteiger partial charge in [0.25, 0.3) is 0 Å². The summed E-state index contributed by atoms with van der Waals surface area (Å²) in [5, 5.41) is 3.25. The Labute approximate surface area is 118 Å². The minimum atomic E-state index is -0.199. The van der Waals surface area contributed by atoms with Gasteiger partial charge in [0.15, 0.2) is 0 Å². The number of rotatable bonds is 2. The van der Waals surface area contributed by atoms with E-state index in [-0.39, 0.29) is 5.54 Å². The van der Waals surface area contributed by atoms with E-state index in [4.69, 9.17) is 10.7 Å². The summed E-state index contributed by atoms with van der Waals surface area (Å²) in [7, 11) is 0. The molecule has 1 aliphatic rings. The van der Waals surface area contributed by atoms with Gasteiger partial charge >= 0.3 is 0 Å². The van der Waals surface area contributed by atoms with Crippen molar-refractivity contribution in [2.75, 3.05) is 0 Å². The molecule has 1 aromatic carbocycles. The van der Waals surface area contributed by atoms with Crippen LogP contribution in [0.1, 0.15) is 37.6 Å². The van der Waals surface area contributed by atoms with E-state index in [0.29, 0.717) is 5.92 Å². The van der Waals surface area contributed by atoms with Gasteiger partial charge in [0.05, 0.1) is 11.2 Å². The maximum absolute atomic E-state index is 6.61. The van der Waals surface area contributed by atoms with Crippen LogP contribution >= 0.6 is 11.3 Å². The predicted molar refractivity (Wildman–Crippen MR) is 81.0 cm³/mol. The zero-order valence-electron chi connectivity index (χ0n) is 11.3. The molecule has 2 unspecified atom stereocenters. The first-order valence-electron chi connectivity index (χ1n) is 6.98. The molecule has 1 saturated carbocycles. The molecule has 2 N–H and O–H groups in total. The highest BCUT2D eigenvalue weighted by atomic mass is 32.1. The molecule has 0 bridgehead atoms. The maximum atomic E-state index is 6.61. The summed E-state index contributed by atoms with van der Waals surface area (Å²) in [6.07, 6.45) is 4.65. The summed E-state index contributed by atoms with van der Waals surface area (Å²) < 4.78 is 0. The minimum absolute atomic E-state index is 0.199. The molecule has 0 saturated heterocycles. The van der Waals surface area contributed by atoms with Crippen LogP contribution in [0.2, 0.25) is 0 Å². The third kappa shape index (κ3) is 2.58. The zero-order chi connectivity index (χ0) is 13.3. The van der Waals surface area contributed by atoms with Crippen LogP contribution in [0.15, 0.2) is 35.7 Å². The zero-order valence-corrected chi connectivity index (χ0v) is 12.1. The largest absolute Gasteiger partial charge is 0.319 e. The van der Waals surface area contributed by atoms with Gasteiger partial charge in [-0.05, 0) is 18.8 Å². The second-order valence-electron chi connectivity index (χ2n) is 5.76. The highest BCUT2D eigenvalue weighted by Gasteiger charge is 2.35. The molecule has 0 spiro atoms. The van der Waals surface area contributed by atoms with Crippen LogP contribution < -0.4 is 5.73 Å². The smallest absolute Gasteiger partial charge is 0.113 e. The van der Waals surface area contributed by atoms with E-state index >= 15 is 0 Å². The van der Waals surface area contributed by atoms with Crippen LogP contribution in [-0.4, -0.2) is 4.98 Å². The average Bonchev–Trinajstić information content (AvgIpc) is 2.90. The van der Waals surface area contributed by atoms with Gasteiger partial charge in [-0.15, -0.1) is 11.3 Å². The standard InChI is InChI=1S/C16H20N2S/c1-12-6-5-9-16(17,10-12)15-18-14(11-19-15)13-7-3-2-4-8-13/h2-4,7-8,11-12H,5-6,9-10,17H2,1H3. The van der Waals surface area contributed by atoms with Crippen molar-refractivity contribution in [3.8, 4) is 11.3 Å². The van der Waals surface area contributed by atoms with Crippen LogP contribution in [0.25, 0.3) is 11.3 Å². The Balaban J connectivity index is 1.89. The van der Waals surface area contributed by atoms with Gasteiger partial charge in [-0.25, -0.2) is 4.98 Å². The highest BCUT2D eigenvalue weighted by molar-refractivity contribution is 7.10. The molecule has 3 rings (SSSR count). The summed E-state index contributed by atoms with van der Waals surface area (Å²) in [5.41, 5.74) is 8.65. The van der Waals surface area contributed by atoms with Crippen molar-refractivity contribution in [1.29, 1.82) is 0 Å². The molecule has 2 nitrogen and oxygen atoms in total. The average molecular weight is 272 g/mol. The minimum Gasteiger partial charge on any atom is -0.319 e. The Morgan fingerprint density at radius 3 is 2.84 bits per heavy atom. The molecule has 0 radical (unpaired) electrons. The van der Waals surface area contributed by atoms with Gasteiger partial charge in [-0.2, -0.15) is 0 Å². The molecule has 1 aromatic heterocycles.